The number of ether oxygens (including phenoxy) is 1. The second-order valence-corrected chi connectivity index (χ2v) is 10.6. The van der Waals surface area contributed by atoms with Gasteiger partial charge in [0.1, 0.15) is 15.3 Å². The summed E-state index contributed by atoms with van der Waals surface area (Å²) in [6.07, 6.45) is 3.93. The second kappa shape index (κ2) is 9.76. The minimum Gasteiger partial charge on any atom is -0.497 e. The molecule has 0 bridgehead atoms. The van der Waals surface area contributed by atoms with Gasteiger partial charge < -0.3 is 9.64 Å². The second-order valence-electron chi connectivity index (χ2n) is 8.65. The normalized spacial score (nSPS) is 16.3. The summed E-state index contributed by atoms with van der Waals surface area (Å²) in [5.74, 6) is 1.64. The monoisotopic (exact) mass is 494 g/mol. The van der Waals surface area contributed by atoms with Crippen molar-refractivity contribution in [2.75, 3.05) is 26.0 Å². The Morgan fingerprint density at radius 1 is 1.26 bits per heavy atom. The van der Waals surface area contributed by atoms with Crippen molar-refractivity contribution < 1.29 is 9.53 Å². The van der Waals surface area contributed by atoms with E-state index in [0.717, 1.165) is 47.5 Å². The molecule has 9 heteroatoms. The van der Waals surface area contributed by atoms with Crippen molar-refractivity contribution in [3.63, 3.8) is 0 Å². The predicted octanol–water partition coefficient (Wildman–Crippen LogP) is 4.41. The number of hydrogen-bond acceptors (Lipinski definition) is 7. The fourth-order valence-electron chi connectivity index (χ4n) is 4.34. The summed E-state index contributed by atoms with van der Waals surface area (Å²) >= 11 is 2.70. The van der Waals surface area contributed by atoms with Crippen LogP contribution < -0.4 is 10.3 Å². The number of carbonyl (C=O) groups is 1. The number of amides is 1. The quantitative estimate of drug-likeness (QED) is 0.292. The average molecular weight is 495 g/mol. The summed E-state index contributed by atoms with van der Waals surface area (Å²) in [6, 6.07) is 11.4. The highest BCUT2D eigenvalue weighted by atomic mass is 32.2. The molecule has 1 aliphatic heterocycles. The summed E-state index contributed by atoms with van der Waals surface area (Å²) in [7, 11) is 1.63. The lowest BCUT2D eigenvalue weighted by molar-refractivity contribution is -0.130. The van der Waals surface area contributed by atoms with Gasteiger partial charge in [-0.1, -0.05) is 30.8 Å². The first-order chi connectivity index (χ1) is 16.5. The molecule has 34 heavy (non-hydrogen) atoms. The SMILES string of the molecule is COc1ccc(Cn2c(SCC(=O)N3CCC[C@H](C)C3)nc3c(sc4ncccc43)c2=O)cc1. The van der Waals surface area contributed by atoms with Gasteiger partial charge in [0.05, 0.1) is 24.9 Å². The van der Waals surface area contributed by atoms with Crippen LogP contribution in [0.5, 0.6) is 5.75 Å². The molecule has 0 spiro atoms. The molecule has 5 rings (SSSR count). The predicted molar refractivity (Wildman–Crippen MR) is 137 cm³/mol. The van der Waals surface area contributed by atoms with Crippen LogP contribution in [-0.2, 0) is 11.3 Å². The third kappa shape index (κ3) is 4.54. The van der Waals surface area contributed by atoms with E-state index in [0.29, 0.717) is 27.8 Å². The van der Waals surface area contributed by atoms with Crippen molar-refractivity contribution in [2.24, 2.45) is 5.92 Å². The number of nitrogens with zero attached hydrogens (tertiary/aromatic N) is 4. The molecule has 0 unspecified atom stereocenters. The number of rotatable bonds is 6. The Kier molecular flexibility index (Phi) is 6.56. The zero-order chi connectivity index (χ0) is 23.7. The Balaban J connectivity index is 1.51. The summed E-state index contributed by atoms with van der Waals surface area (Å²) in [6.45, 7) is 4.15. The van der Waals surface area contributed by atoms with Crippen LogP contribution in [0.4, 0.5) is 0 Å². The molecule has 1 fully saturated rings. The van der Waals surface area contributed by atoms with Gasteiger partial charge in [-0.05, 0) is 48.6 Å². The molecule has 0 N–H and O–H groups in total. The standard InChI is InChI=1S/C25H26N4O3S2/c1-16-5-4-12-28(13-16)20(30)15-33-25-27-21-19-6-3-11-26-23(19)34-22(21)24(31)29(25)14-17-7-9-18(32-2)10-8-17/h3,6-11,16H,4-5,12-15H2,1-2H3/t16-/m0/s1. The van der Waals surface area contributed by atoms with E-state index in [2.05, 4.69) is 11.9 Å². The number of benzene rings is 1. The maximum atomic E-state index is 13.6. The van der Waals surface area contributed by atoms with Crippen molar-refractivity contribution in [3.05, 3.63) is 58.5 Å². The van der Waals surface area contributed by atoms with E-state index < -0.39 is 0 Å². The largest absolute Gasteiger partial charge is 0.497 e. The fraction of sp³-hybridized carbons (Fsp3) is 0.360. The van der Waals surface area contributed by atoms with Gasteiger partial charge in [-0.25, -0.2) is 9.97 Å². The Morgan fingerprint density at radius 3 is 2.85 bits per heavy atom. The summed E-state index contributed by atoms with van der Waals surface area (Å²) < 4.78 is 7.52. The molecule has 1 aliphatic rings. The lowest BCUT2D eigenvalue weighted by atomic mass is 10.0. The molecular weight excluding hydrogens is 468 g/mol. The zero-order valence-corrected chi connectivity index (χ0v) is 20.8. The maximum Gasteiger partial charge on any atom is 0.272 e. The topological polar surface area (TPSA) is 77.3 Å². The average Bonchev–Trinajstić information content (AvgIpc) is 3.24. The molecule has 176 valence electrons. The van der Waals surface area contributed by atoms with Gasteiger partial charge in [0, 0.05) is 24.7 Å². The van der Waals surface area contributed by atoms with E-state index in [9.17, 15) is 9.59 Å². The number of carbonyl (C=O) groups excluding carboxylic acids is 1. The summed E-state index contributed by atoms with van der Waals surface area (Å²) in [5.41, 5.74) is 1.51. The molecule has 1 atom stereocenters. The van der Waals surface area contributed by atoms with Crippen molar-refractivity contribution >= 4 is 49.4 Å². The third-order valence-electron chi connectivity index (χ3n) is 6.15. The van der Waals surface area contributed by atoms with E-state index in [1.165, 1.54) is 23.1 Å². The van der Waals surface area contributed by atoms with Crippen molar-refractivity contribution in [2.45, 2.75) is 31.5 Å². The minimum absolute atomic E-state index is 0.0961. The van der Waals surface area contributed by atoms with Crippen LogP contribution in [0.3, 0.4) is 0 Å². The van der Waals surface area contributed by atoms with E-state index in [-0.39, 0.29) is 17.2 Å². The summed E-state index contributed by atoms with van der Waals surface area (Å²) in [4.78, 5) is 38.6. The van der Waals surface area contributed by atoms with E-state index in [4.69, 9.17) is 9.72 Å². The van der Waals surface area contributed by atoms with Gasteiger partial charge in [0.15, 0.2) is 5.16 Å². The number of piperidine rings is 1. The van der Waals surface area contributed by atoms with Crippen LogP contribution in [0.2, 0.25) is 0 Å². The van der Waals surface area contributed by atoms with E-state index in [1.807, 2.05) is 41.3 Å². The van der Waals surface area contributed by atoms with E-state index >= 15 is 0 Å². The minimum atomic E-state index is -0.106. The highest BCUT2D eigenvalue weighted by molar-refractivity contribution is 7.99. The number of hydrogen-bond donors (Lipinski definition) is 0. The first-order valence-corrected chi connectivity index (χ1v) is 13.1. The summed E-state index contributed by atoms with van der Waals surface area (Å²) in [5, 5.41) is 1.42. The molecule has 3 aromatic heterocycles. The zero-order valence-electron chi connectivity index (χ0n) is 19.2. The number of methoxy groups -OCH3 is 1. The number of aromatic nitrogens is 3. The van der Waals surface area contributed by atoms with Crippen molar-refractivity contribution in [1.82, 2.24) is 19.4 Å². The first kappa shape index (κ1) is 22.9. The molecule has 0 radical (unpaired) electrons. The number of thiophene rings is 1. The molecule has 1 saturated heterocycles. The Morgan fingerprint density at radius 2 is 2.09 bits per heavy atom. The van der Waals surface area contributed by atoms with Crippen LogP contribution in [0, 0.1) is 5.92 Å². The lowest BCUT2D eigenvalue weighted by Crippen LogP contribution is -2.40. The molecular formula is C25H26N4O3S2. The van der Waals surface area contributed by atoms with Crippen molar-refractivity contribution in [3.8, 4) is 5.75 Å². The molecule has 4 heterocycles. The highest BCUT2D eigenvalue weighted by Gasteiger charge is 2.23. The lowest BCUT2D eigenvalue weighted by Gasteiger charge is -2.30. The van der Waals surface area contributed by atoms with Crippen molar-refractivity contribution in [1.29, 1.82) is 0 Å². The van der Waals surface area contributed by atoms with Gasteiger partial charge in [0.25, 0.3) is 5.56 Å². The van der Waals surface area contributed by atoms with Gasteiger partial charge >= 0.3 is 0 Å². The molecule has 0 aliphatic carbocycles. The van der Waals surface area contributed by atoms with Crippen LogP contribution in [-0.4, -0.2) is 51.3 Å². The molecule has 4 aromatic rings. The number of likely N-dealkylation sites (tertiary alicyclic amines) is 1. The molecule has 1 aromatic carbocycles. The fourth-order valence-corrected chi connectivity index (χ4v) is 6.26. The smallest absolute Gasteiger partial charge is 0.272 e. The van der Waals surface area contributed by atoms with E-state index in [1.54, 1.807) is 17.9 Å². The Hall–Kier alpha value is -2.91. The number of pyridine rings is 1. The number of thioether (sulfide) groups is 1. The first-order valence-electron chi connectivity index (χ1n) is 11.3. The molecule has 1 amide bonds. The Labute approximate surface area is 205 Å². The van der Waals surface area contributed by atoms with Gasteiger partial charge in [0.2, 0.25) is 5.91 Å². The molecule has 0 saturated carbocycles. The Bertz CT molecular complexity index is 1400. The third-order valence-corrected chi connectivity index (χ3v) is 8.20. The molecule has 7 nitrogen and oxygen atoms in total. The van der Waals surface area contributed by atoms with Crippen LogP contribution in [0.15, 0.2) is 52.5 Å². The highest BCUT2D eigenvalue weighted by Crippen LogP contribution is 2.31. The van der Waals surface area contributed by atoms with Gasteiger partial charge in [-0.3, -0.25) is 14.2 Å². The van der Waals surface area contributed by atoms with Crippen LogP contribution in [0.1, 0.15) is 25.3 Å². The van der Waals surface area contributed by atoms with Gasteiger partial charge in [-0.15, -0.1) is 11.3 Å². The number of fused-ring (bicyclic) bond motifs is 3. The maximum absolute atomic E-state index is 13.6. The van der Waals surface area contributed by atoms with Crippen LogP contribution >= 0.6 is 23.1 Å². The van der Waals surface area contributed by atoms with Crippen LogP contribution in [0.25, 0.3) is 20.4 Å². The van der Waals surface area contributed by atoms with Gasteiger partial charge in [-0.2, -0.15) is 0 Å².